The van der Waals surface area contributed by atoms with Crippen molar-refractivity contribution in [3.05, 3.63) is 22.7 Å². The number of aromatic nitrogens is 2. The van der Waals surface area contributed by atoms with Crippen molar-refractivity contribution < 1.29 is 0 Å². The van der Waals surface area contributed by atoms with E-state index in [2.05, 4.69) is 23.8 Å². The number of halogens is 1. The Morgan fingerprint density at radius 3 is 2.45 bits per heavy atom. The number of hydrogen-bond donors (Lipinski definition) is 0. The molecule has 0 saturated heterocycles. The molecule has 1 heterocycles. The van der Waals surface area contributed by atoms with E-state index in [0.29, 0.717) is 11.1 Å². The lowest BCUT2D eigenvalue weighted by Crippen LogP contribution is -1.98. The lowest BCUT2D eigenvalue weighted by atomic mass is 10.1. The molecule has 0 bridgehead atoms. The van der Waals surface area contributed by atoms with Gasteiger partial charge in [0.05, 0.1) is 5.69 Å². The second-order valence-corrected chi connectivity index (χ2v) is 3.19. The SMILES string of the molecule is Cc1c(Cl)ncnc1C(C)C. The number of hydrogen-bond acceptors (Lipinski definition) is 2. The van der Waals surface area contributed by atoms with Gasteiger partial charge in [0.25, 0.3) is 0 Å². The molecule has 1 aromatic heterocycles. The minimum atomic E-state index is 0.412. The fourth-order valence-electron chi connectivity index (χ4n) is 1.02. The van der Waals surface area contributed by atoms with Crippen LogP contribution in [0, 0.1) is 6.92 Å². The van der Waals surface area contributed by atoms with Gasteiger partial charge in [-0.25, -0.2) is 9.97 Å². The summed E-state index contributed by atoms with van der Waals surface area (Å²) in [5, 5.41) is 0.559. The number of rotatable bonds is 1. The van der Waals surface area contributed by atoms with Gasteiger partial charge in [0, 0.05) is 5.56 Å². The average Bonchev–Trinajstić information content (AvgIpc) is 1.94. The largest absolute Gasteiger partial charge is 0.241 e. The van der Waals surface area contributed by atoms with Crippen molar-refractivity contribution in [2.75, 3.05) is 0 Å². The third-order valence-corrected chi connectivity index (χ3v) is 1.99. The third kappa shape index (κ3) is 1.69. The molecule has 0 atom stereocenters. The second kappa shape index (κ2) is 3.18. The first-order chi connectivity index (χ1) is 5.13. The minimum absolute atomic E-state index is 0.412. The molecule has 0 fully saturated rings. The highest BCUT2D eigenvalue weighted by atomic mass is 35.5. The Kier molecular flexibility index (Phi) is 2.45. The van der Waals surface area contributed by atoms with E-state index in [-0.39, 0.29) is 0 Å². The first-order valence-corrected chi connectivity index (χ1v) is 3.97. The molecule has 1 aromatic rings. The van der Waals surface area contributed by atoms with Crippen LogP contribution >= 0.6 is 11.6 Å². The maximum Gasteiger partial charge on any atom is 0.135 e. The molecule has 1 rings (SSSR count). The van der Waals surface area contributed by atoms with Crippen LogP contribution in [0.5, 0.6) is 0 Å². The summed E-state index contributed by atoms with van der Waals surface area (Å²) < 4.78 is 0. The van der Waals surface area contributed by atoms with Gasteiger partial charge in [0.15, 0.2) is 0 Å². The molecular formula is C8H11ClN2. The lowest BCUT2D eigenvalue weighted by molar-refractivity contribution is 0.801. The Balaban J connectivity index is 3.17. The van der Waals surface area contributed by atoms with Crippen LogP contribution in [0.15, 0.2) is 6.33 Å². The van der Waals surface area contributed by atoms with Gasteiger partial charge in [-0.3, -0.25) is 0 Å². The molecule has 0 amide bonds. The fourth-order valence-corrected chi connectivity index (χ4v) is 1.16. The minimum Gasteiger partial charge on any atom is -0.241 e. The summed E-state index contributed by atoms with van der Waals surface area (Å²) in [6, 6.07) is 0. The van der Waals surface area contributed by atoms with Crippen molar-refractivity contribution in [2.24, 2.45) is 0 Å². The van der Waals surface area contributed by atoms with E-state index in [1.54, 1.807) is 0 Å². The van der Waals surface area contributed by atoms with Gasteiger partial charge >= 0.3 is 0 Å². The molecule has 0 aromatic carbocycles. The normalized spacial score (nSPS) is 10.6. The number of nitrogens with zero attached hydrogens (tertiary/aromatic N) is 2. The van der Waals surface area contributed by atoms with Crippen LogP contribution in [0.25, 0.3) is 0 Å². The Labute approximate surface area is 71.6 Å². The quantitative estimate of drug-likeness (QED) is 0.606. The van der Waals surface area contributed by atoms with Crippen LogP contribution in [0.4, 0.5) is 0 Å². The predicted molar refractivity (Wildman–Crippen MR) is 45.9 cm³/mol. The Hall–Kier alpha value is -0.630. The third-order valence-electron chi connectivity index (χ3n) is 1.61. The van der Waals surface area contributed by atoms with Gasteiger partial charge in [0.2, 0.25) is 0 Å². The van der Waals surface area contributed by atoms with Gasteiger partial charge in [-0.1, -0.05) is 25.4 Å². The highest BCUT2D eigenvalue weighted by molar-refractivity contribution is 6.30. The summed E-state index contributed by atoms with van der Waals surface area (Å²) in [4.78, 5) is 8.02. The zero-order chi connectivity index (χ0) is 8.43. The first kappa shape index (κ1) is 8.47. The van der Waals surface area contributed by atoms with Gasteiger partial charge in [0.1, 0.15) is 11.5 Å². The van der Waals surface area contributed by atoms with Crippen LogP contribution in [0.3, 0.4) is 0 Å². The van der Waals surface area contributed by atoms with Gasteiger partial charge < -0.3 is 0 Å². The van der Waals surface area contributed by atoms with Gasteiger partial charge in [-0.05, 0) is 12.8 Å². The smallest absolute Gasteiger partial charge is 0.135 e. The van der Waals surface area contributed by atoms with Crippen LogP contribution in [-0.4, -0.2) is 9.97 Å². The monoisotopic (exact) mass is 170 g/mol. The van der Waals surface area contributed by atoms with E-state index in [1.165, 1.54) is 6.33 Å². The first-order valence-electron chi connectivity index (χ1n) is 3.60. The topological polar surface area (TPSA) is 25.8 Å². The molecule has 0 aliphatic rings. The summed E-state index contributed by atoms with van der Waals surface area (Å²) in [6.45, 7) is 6.12. The molecular weight excluding hydrogens is 160 g/mol. The predicted octanol–water partition coefficient (Wildman–Crippen LogP) is 2.56. The molecule has 0 saturated carbocycles. The van der Waals surface area contributed by atoms with Gasteiger partial charge in [-0.15, -0.1) is 0 Å². The summed E-state index contributed by atoms with van der Waals surface area (Å²) in [6.07, 6.45) is 1.50. The van der Waals surface area contributed by atoms with Crippen molar-refractivity contribution in [1.82, 2.24) is 9.97 Å². The van der Waals surface area contributed by atoms with E-state index >= 15 is 0 Å². The molecule has 3 heteroatoms. The highest BCUT2D eigenvalue weighted by Gasteiger charge is 2.07. The Morgan fingerprint density at radius 1 is 1.36 bits per heavy atom. The lowest BCUT2D eigenvalue weighted by Gasteiger charge is -2.07. The fraction of sp³-hybridized carbons (Fsp3) is 0.500. The van der Waals surface area contributed by atoms with Crippen molar-refractivity contribution in [2.45, 2.75) is 26.7 Å². The average molecular weight is 171 g/mol. The summed E-state index contributed by atoms with van der Waals surface area (Å²) in [5.74, 6) is 0.412. The molecule has 0 radical (unpaired) electrons. The molecule has 0 N–H and O–H groups in total. The zero-order valence-corrected chi connectivity index (χ0v) is 7.68. The second-order valence-electron chi connectivity index (χ2n) is 2.83. The molecule has 60 valence electrons. The van der Waals surface area contributed by atoms with E-state index in [0.717, 1.165) is 11.3 Å². The zero-order valence-electron chi connectivity index (χ0n) is 6.93. The molecule has 2 nitrogen and oxygen atoms in total. The molecule has 0 aliphatic carbocycles. The maximum absolute atomic E-state index is 5.81. The van der Waals surface area contributed by atoms with Crippen molar-refractivity contribution in [1.29, 1.82) is 0 Å². The summed E-state index contributed by atoms with van der Waals surface area (Å²) >= 11 is 5.81. The van der Waals surface area contributed by atoms with Crippen molar-refractivity contribution in [3.63, 3.8) is 0 Å². The van der Waals surface area contributed by atoms with Gasteiger partial charge in [-0.2, -0.15) is 0 Å². The van der Waals surface area contributed by atoms with E-state index < -0.39 is 0 Å². The Morgan fingerprint density at radius 2 is 2.00 bits per heavy atom. The standard InChI is InChI=1S/C8H11ClN2/c1-5(2)7-6(3)8(9)11-4-10-7/h4-5H,1-3H3. The molecule has 0 aliphatic heterocycles. The Bertz CT molecular complexity index is 258. The van der Waals surface area contributed by atoms with E-state index in [4.69, 9.17) is 11.6 Å². The van der Waals surface area contributed by atoms with Crippen molar-refractivity contribution in [3.8, 4) is 0 Å². The van der Waals surface area contributed by atoms with Crippen LogP contribution < -0.4 is 0 Å². The highest BCUT2D eigenvalue weighted by Crippen LogP contribution is 2.20. The summed E-state index contributed by atoms with van der Waals surface area (Å²) in [7, 11) is 0. The van der Waals surface area contributed by atoms with Crippen LogP contribution in [0.2, 0.25) is 5.15 Å². The van der Waals surface area contributed by atoms with E-state index in [1.807, 2.05) is 6.92 Å². The van der Waals surface area contributed by atoms with Crippen LogP contribution in [-0.2, 0) is 0 Å². The summed E-state index contributed by atoms with van der Waals surface area (Å²) in [5.41, 5.74) is 2.02. The van der Waals surface area contributed by atoms with E-state index in [9.17, 15) is 0 Å². The van der Waals surface area contributed by atoms with Crippen LogP contribution in [0.1, 0.15) is 31.0 Å². The molecule has 11 heavy (non-hydrogen) atoms. The molecule has 0 spiro atoms. The maximum atomic E-state index is 5.81. The molecule has 0 unspecified atom stereocenters. The van der Waals surface area contributed by atoms with Crippen molar-refractivity contribution >= 4 is 11.6 Å².